The number of rotatable bonds is 6. The molecule has 0 aromatic heterocycles. The summed E-state index contributed by atoms with van der Waals surface area (Å²) in [6.07, 6.45) is 0. The van der Waals surface area contributed by atoms with Crippen molar-refractivity contribution in [2.45, 2.75) is 32.6 Å². The lowest BCUT2D eigenvalue weighted by Crippen LogP contribution is -2.30. The normalized spacial score (nSPS) is 13.4. The number of carboxylic acids is 1. The van der Waals surface area contributed by atoms with E-state index < -0.39 is 27.4 Å². The summed E-state index contributed by atoms with van der Waals surface area (Å²) in [6, 6.07) is 1.97. The molecule has 1 atom stereocenters. The van der Waals surface area contributed by atoms with Gasteiger partial charge in [0.25, 0.3) is 0 Å². The molecule has 1 aromatic carbocycles. The lowest BCUT2D eigenvalue weighted by atomic mass is 9.99. The molecule has 0 spiro atoms. The summed E-state index contributed by atoms with van der Waals surface area (Å²) >= 11 is 0. The summed E-state index contributed by atoms with van der Waals surface area (Å²) in [5.74, 6) is -1.99. The molecule has 0 fully saturated rings. The highest BCUT2D eigenvalue weighted by Crippen LogP contribution is 2.20. The highest BCUT2D eigenvalue weighted by molar-refractivity contribution is 7.89. The number of benzene rings is 1. The van der Waals surface area contributed by atoms with Crippen LogP contribution in [0.4, 0.5) is 4.39 Å². The zero-order valence-corrected chi connectivity index (χ0v) is 13.3. The fourth-order valence-corrected chi connectivity index (χ4v) is 2.86. The maximum Gasteiger partial charge on any atom is 0.338 e. The predicted molar refractivity (Wildman–Crippen MR) is 77.3 cm³/mol. The van der Waals surface area contributed by atoms with Crippen LogP contribution < -0.4 is 4.72 Å². The van der Waals surface area contributed by atoms with Gasteiger partial charge in [0.05, 0.1) is 10.5 Å². The first-order chi connectivity index (χ1) is 9.56. The van der Waals surface area contributed by atoms with Crippen LogP contribution >= 0.6 is 0 Å². The molecule has 118 valence electrons. The van der Waals surface area contributed by atoms with Crippen molar-refractivity contribution in [3.8, 4) is 0 Å². The number of aromatic carboxylic acids is 1. The smallest absolute Gasteiger partial charge is 0.338 e. The van der Waals surface area contributed by atoms with Crippen LogP contribution in [0.3, 0.4) is 0 Å². The largest absolute Gasteiger partial charge is 0.478 e. The van der Waals surface area contributed by atoms with Crippen LogP contribution in [-0.2, 0) is 10.0 Å². The second kappa shape index (κ2) is 6.53. The minimum atomic E-state index is -3.86. The Hall–Kier alpha value is -1.47. The average Bonchev–Trinajstić information content (AvgIpc) is 2.38. The molecule has 0 bridgehead atoms. The van der Waals surface area contributed by atoms with Gasteiger partial charge in [-0.05, 0) is 36.5 Å². The molecule has 0 aliphatic rings. The molecule has 0 heterocycles. The van der Waals surface area contributed by atoms with E-state index in [1.54, 1.807) is 0 Å². The van der Waals surface area contributed by atoms with Gasteiger partial charge in [0.2, 0.25) is 10.0 Å². The zero-order chi connectivity index (χ0) is 16.4. The van der Waals surface area contributed by atoms with Crippen LogP contribution in [0.15, 0.2) is 17.0 Å². The Balaban J connectivity index is 3.12. The van der Waals surface area contributed by atoms with Gasteiger partial charge < -0.3 is 5.11 Å². The van der Waals surface area contributed by atoms with Gasteiger partial charge in [-0.15, -0.1) is 0 Å². The SMILES string of the molecule is Cc1cc(S(=O)(=O)NCC(C)C(C)C)cc(C(=O)O)c1F. The fraction of sp³-hybridized carbons (Fsp3) is 0.500. The lowest BCUT2D eigenvalue weighted by molar-refractivity contribution is 0.0691. The molecular weight excluding hydrogens is 297 g/mol. The molecule has 7 heteroatoms. The van der Waals surface area contributed by atoms with Crippen LogP contribution in [0.1, 0.15) is 36.7 Å². The molecule has 0 aliphatic heterocycles. The summed E-state index contributed by atoms with van der Waals surface area (Å²) in [4.78, 5) is 10.7. The van der Waals surface area contributed by atoms with E-state index in [9.17, 15) is 17.6 Å². The van der Waals surface area contributed by atoms with E-state index in [0.29, 0.717) is 5.92 Å². The Bertz CT molecular complexity index is 641. The van der Waals surface area contributed by atoms with Crippen molar-refractivity contribution in [3.05, 3.63) is 29.1 Å². The molecule has 0 amide bonds. The van der Waals surface area contributed by atoms with Crippen molar-refractivity contribution in [1.82, 2.24) is 4.72 Å². The topological polar surface area (TPSA) is 83.5 Å². The Kier molecular flexibility index (Phi) is 5.47. The second-order valence-electron chi connectivity index (χ2n) is 5.48. The van der Waals surface area contributed by atoms with Crippen molar-refractivity contribution in [3.63, 3.8) is 0 Å². The third kappa shape index (κ3) is 4.25. The third-order valence-corrected chi connectivity index (χ3v) is 4.91. The van der Waals surface area contributed by atoms with Crippen LogP contribution in [0, 0.1) is 24.6 Å². The first kappa shape index (κ1) is 17.6. The van der Waals surface area contributed by atoms with E-state index in [0.717, 1.165) is 12.1 Å². The van der Waals surface area contributed by atoms with Gasteiger partial charge in [-0.3, -0.25) is 0 Å². The molecule has 0 aliphatic carbocycles. The summed E-state index contributed by atoms with van der Waals surface area (Å²) in [7, 11) is -3.86. The van der Waals surface area contributed by atoms with Gasteiger partial charge in [-0.25, -0.2) is 22.3 Å². The average molecular weight is 317 g/mol. The predicted octanol–water partition coefficient (Wildman–Crippen LogP) is 2.40. The van der Waals surface area contributed by atoms with E-state index in [2.05, 4.69) is 4.72 Å². The molecule has 21 heavy (non-hydrogen) atoms. The third-order valence-electron chi connectivity index (χ3n) is 3.50. The van der Waals surface area contributed by atoms with Crippen molar-refractivity contribution >= 4 is 16.0 Å². The van der Waals surface area contributed by atoms with Crippen LogP contribution in [0.5, 0.6) is 0 Å². The molecule has 5 nitrogen and oxygen atoms in total. The minimum absolute atomic E-state index is 0.0211. The number of aryl methyl sites for hydroxylation is 1. The van der Waals surface area contributed by atoms with Gasteiger partial charge in [-0.1, -0.05) is 20.8 Å². The Morgan fingerprint density at radius 3 is 2.38 bits per heavy atom. The van der Waals surface area contributed by atoms with Gasteiger partial charge >= 0.3 is 5.97 Å². The van der Waals surface area contributed by atoms with Gasteiger partial charge in [-0.2, -0.15) is 0 Å². The van der Waals surface area contributed by atoms with Gasteiger partial charge in [0.1, 0.15) is 5.82 Å². The molecule has 0 saturated heterocycles. The van der Waals surface area contributed by atoms with Crippen molar-refractivity contribution < 1.29 is 22.7 Å². The number of halogens is 1. The van der Waals surface area contributed by atoms with E-state index in [1.807, 2.05) is 20.8 Å². The van der Waals surface area contributed by atoms with Crippen LogP contribution in [0.2, 0.25) is 0 Å². The van der Waals surface area contributed by atoms with E-state index in [4.69, 9.17) is 5.11 Å². The Morgan fingerprint density at radius 1 is 1.33 bits per heavy atom. The number of carbonyl (C=O) groups is 1. The monoisotopic (exact) mass is 317 g/mol. The summed E-state index contributed by atoms with van der Waals surface area (Å²) in [5.41, 5.74) is -0.667. The highest BCUT2D eigenvalue weighted by atomic mass is 32.2. The second-order valence-corrected chi connectivity index (χ2v) is 7.25. The van der Waals surface area contributed by atoms with Crippen molar-refractivity contribution in [1.29, 1.82) is 0 Å². The first-order valence-corrected chi connectivity index (χ1v) is 8.07. The summed E-state index contributed by atoms with van der Waals surface area (Å²) in [5, 5.41) is 8.92. The number of sulfonamides is 1. The molecule has 1 unspecified atom stereocenters. The molecule has 1 rings (SSSR count). The minimum Gasteiger partial charge on any atom is -0.478 e. The van der Waals surface area contributed by atoms with Crippen molar-refractivity contribution in [2.75, 3.05) is 6.54 Å². The number of carboxylic acid groups (broad SMARTS) is 1. The highest BCUT2D eigenvalue weighted by Gasteiger charge is 2.22. The Morgan fingerprint density at radius 2 is 1.90 bits per heavy atom. The molecule has 1 aromatic rings. The van der Waals surface area contributed by atoms with Gasteiger partial charge in [0.15, 0.2) is 0 Å². The molecule has 0 saturated carbocycles. The van der Waals surface area contributed by atoms with E-state index >= 15 is 0 Å². The van der Waals surface area contributed by atoms with E-state index in [1.165, 1.54) is 6.92 Å². The number of hydrogen-bond acceptors (Lipinski definition) is 3. The van der Waals surface area contributed by atoms with Crippen LogP contribution in [0.25, 0.3) is 0 Å². The quantitative estimate of drug-likeness (QED) is 0.844. The maximum atomic E-state index is 13.6. The number of nitrogens with one attached hydrogen (secondary N) is 1. The lowest BCUT2D eigenvalue weighted by Gasteiger charge is -2.16. The summed E-state index contributed by atoms with van der Waals surface area (Å²) in [6.45, 7) is 7.43. The van der Waals surface area contributed by atoms with Crippen molar-refractivity contribution in [2.24, 2.45) is 11.8 Å². The molecule has 0 radical (unpaired) electrons. The maximum absolute atomic E-state index is 13.6. The summed E-state index contributed by atoms with van der Waals surface area (Å²) < 4.78 is 40.4. The van der Waals surface area contributed by atoms with Gasteiger partial charge in [0, 0.05) is 6.54 Å². The zero-order valence-electron chi connectivity index (χ0n) is 12.5. The molecule has 2 N–H and O–H groups in total. The molecular formula is C14H20FNO4S. The standard InChI is InChI=1S/C14H20FNO4S/c1-8(2)10(4)7-16-21(19,20)11-5-9(3)13(15)12(6-11)14(17)18/h5-6,8,10,16H,7H2,1-4H3,(H,17,18). The van der Waals surface area contributed by atoms with Crippen LogP contribution in [-0.4, -0.2) is 26.0 Å². The van der Waals surface area contributed by atoms with E-state index in [-0.39, 0.29) is 22.9 Å². The first-order valence-electron chi connectivity index (χ1n) is 6.59. The fourth-order valence-electron chi connectivity index (χ4n) is 1.61. The Labute approximate surface area is 124 Å². The number of hydrogen-bond donors (Lipinski definition) is 2.